The molecule has 2 aromatic rings. The Hall–Kier alpha value is -3.40. The molecule has 10 heteroatoms. The topological polar surface area (TPSA) is 108 Å². The van der Waals surface area contributed by atoms with Crippen LogP contribution in [-0.2, 0) is 19.6 Å². The lowest BCUT2D eigenvalue weighted by Gasteiger charge is -2.19. The van der Waals surface area contributed by atoms with E-state index in [9.17, 15) is 18.0 Å². The van der Waals surface area contributed by atoms with Crippen molar-refractivity contribution in [1.82, 2.24) is 4.90 Å². The first-order valence-electron chi connectivity index (χ1n) is 11.7. The molecule has 1 N–H and O–H groups in total. The highest BCUT2D eigenvalue weighted by Gasteiger charge is 2.36. The lowest BCUT2D eigenvalue weighted by atomic mass is 10.1. The predicted octanol–water partition coefficient (Wildman–Crippen LogP) is 3.28. The molecule has 186 valence electrons. The first-order valence-corrected chi connectivity index (χ1v) is 13.1. The van der Waals surface area contributed by atoms with Crippen LogP contribution < -0.4 is 15.0 Å². The number of anilines is 2. The summed E-state index contributed by atoms with van der Waals surface area (Å²) in [6.07, 6.45) is 3.63. The van der Waals surface area contributed by atoms with Crippen LogP contribution in [0.3, 0.4) is 0 Å². The SMILES string of the molecule is COc1ccccc1N1CC(C(=O)Nc2cccc(S(=O)(=O)/N=C3/CCCCCN3C)c2)CC1=O. The second-order valence-corrected chi connectivity index (χ2v) is 10.4. The molecular formula is C25H30N4O5S. The molecular weight excluding hydrogens is 468 g/mol. The van der Waals surface area contributed by atoms with Crippen molar-refractivity contribution in [3.05, 3.63) is 48.5 Å². The number of hydrogen-bond donors (Lipinski definition) is 1. The zero-order valence-electron chi connectivity index (χ0n) is 19.9. The summed E-state index contributed by atoms with van der Waals surface area (Å²) < 4.78 is 35.4. The molecule has 2 fully saturated rings. The summed E-state index contributed by atoms with van der Waals surface area (Å²) in [5.74, 6) is 0.0144. The van der Waals surface area contributed by atoms with Crippen LogP contribution in [0, 0.1) is 5.92 Å². The summed E-state index contributed by atoms with van der Waals surface area (Å²) in [7, 11) is -0.543. The van der Waals surface area contributed by atoms with Gasteiger partial charge in [-0.1, -0.05) is 24.6 Å². The van der Waals surface area contributed by atoms with E-state index in [1.165, 1.54) is 19.2 Å². The summed E-state index contributed by atoms with van der Waals surface area (Å²) in [5, 5.41) is 2.77. The standard InChI is InChI=1S/C25H30N4O5S/c1-28-14-7-3-4-13-23(28)27-35(32,33)20-10-8-9-19(16-20)26-25(31)18-15-24(30)29(17-18)21-11-5-6-12-22(21)34-2/h5-6,8-12,16,18H,3-4,7,13-15,17H2,1-2H3,(H,26,31)/b27-23-. The number of nitrogens with one attached hydrogen (secondary N) is 1. The number of sulfonamides is 1. The maximum absolute atomic E-state index is 13.0. The number of likely N-dealkylation sites (tertiary alicyclic amines) is 1. The fourth-order valence-corrected chi connectivity index (χ4v) is 5.52. The van der Waals surface area contributed by atoms with Crippen LogP contribution in [0.1, 0.15) is 32.1 Å². The van der Waals surface area contributed by atoms with Crippen molar-refractivity contribution < 1.29 is 22.7 Å². The minimum atomic E-state index is -3.93. The average Bonchev–Trinajstić information content (AvgIpc) is 3.13. The van der Waals surface area contributed by atoms with Gasteiger partial charge < -0.3 is 19.9 Å². The molecule has 2 saturated heterocycles. The fourth-order valence-electron chi connectivity index (χ4n) is 4.38. The number of nitrogens with zero attached hydrogens (tertiary/aromatic N) is 3. The number of carbonyl (C=O) groups excluding carboxylic acids is 2. The lowest BCUT2D eigenvalue weighted by molar-refractivity contribution is -0.122. The molecule has 9 nitrogen and oxygen atoms in total. The van der Waals surface area contributed by atoms with E-state index in [1.54, 1.807) is 35.2 Å². The van der Waals surface area contributed by atoms with E-state index < -0.39 is 15.9 Å². The minimum absolute atomic E-state index is 0.0126. The molecule has 1 atom stereocenters. The number of rotatable bonds is 6. The van der Waals surface area contributed by atoms with Crippen LogP contribution in [0.25, 0.3) is 0 Å². The van der Waals surface area contributed by atoms with E-state index in [-0.39, 0.29) is 29.7 Å². The fraction of sp³-hybridized carbons (Fsp3) is 0.400. The van der Waals surface area contributed by atoms with Crippen molar-refractivity contribution in [1.29, 1.82) is 0 Å². The van der Waals surface area contributed by atoms with Crippen molar-refractivity contribution >= 4 is 39.0 Å². The zero-order chi connectivity index (χ0) is 25.0. The van der Waals surface area contributed by atoms with Gasteiger partial charge in [-0.15, -0.1) is 4.40 Å². The molecule has 0 aliphatic carbocycles. The number of benzene rings is 2. The highest BCUT2D eigenvalue weighted by atomic mass is 32.2. The number of ether oxygens (including phenoxy) is 1. The molecule has 0 bridgehead atoms. The smallest absolute Gasteiger partial charge is 0.284 e. The van der Waals surface area contributed by atoms with Gasteiger partial charge in [0.05, 0.1) is 23.6 Å². The monoisotopic (exact) mass is 498 g/mol. The van der Waals surface area contributed by atoms with Gasteiger partial charge in [0.15, 0.2) is 0 Å². The minimum Gasteiger partial charge on any atom is -0.495 e. The van der Waals surface area contributed by atoms with E-state index in [4.69, 9.17) is 4.74 Å². The number of hydrogen-bond acceptors (Lipinski definition) is 5. The molecule has 2 aliphatic rings. The largest absolute Gasteiger partial charge is 0.495 e. The third-order valence-electron chi connectivity index (χ3n) is 6.33. The van der Waals surface area contributed by atoms with Gasteiger partial charge in [-0.25, -0.2) is 0 Å². The van der Waals surface area contributed by atoms with Crippen molar-refractivity contribution in [3.8, 4) is 5.75 Å². The maximum atomic E-state index is 13.0. The third-order valence-corrected chi connectivity index (χ3v) is 7.63. The summed E-state index contributed by atoms with van der Waals surface area (Å²) in [5.41, 5.74) is 0.958. The number of para-hydroxylation sites is 2. The van der Waals surface area contributed by atoms with Crippen LogP contribution >= 0.6 is 0 Å². The quantitative estimate of drug-likeness (QED) is 0.655. The van der Waals surface area contributed by atoms with Crippen molar-refractivity contribution in [3.63, 3.8) is 0 Å². The van der Waals surface area contributed by atoms with Gasteiger partial charge in [-0.2, -0.15) is 8.42 Å². The Morgan fingerprint density at radius 2 is 1.91 bits per heavy atom. The summed E-state index contributed by atoms with van der Waals surface area (Å²) in [4.78, 5) is 29.0. The van der Waals surface area contributed by atoms with E-state index in [2.05, 4.69) is 9.71 Å². The first-order chi connectivity index (χ1) is 16.8. The van der Waals surface area contributed by atoms with Gasteiger partial charge in [0.2, 0.25) is 11.8 Å². The molecule has 2 aromatic carbocycles. The van der Waals surface area contributed by atoms with Crippen LogP contribution in [0.4, 0.5) is 11.4 Å². The van der Waals surface area contributed by atoms with E-state index in [0.29, 0.717) is 29.4 Å². The Morgan fingerprint density at radius 3 is 2.71 bits per heavy atom. The number of amidine groups is 1. The van der Waals surface area contributed by atoms with E-state index in [0.717, 1.165) is 25.8 Å². The maximum Gasteiger partial charge on any atom is 0.284 e. The molecule has 35 heavy (non-hydrogen) atoms. The Labute approximate surface area is 205 Å². The first kappa shape index (κ1) is 24.7. The predicted molar refractivity (Wildman–Crippen MR) is 134 cm³/mol. The molecule has 1 unspecified atom stereocenters. The van der Waals surface area contributed by atoms with E-state index in [1.807, 2.05) is 18.0 Å². The number of carbonyl (C=O) groups is 2. The molecule has 4 rings (SSSR count). The van der Waals surface area contributed by atoms with Crippen molar-refractivity contribution in [2.24, 2.45) is 10.3 Å². The highest BCUT2D eigenvalue weighted by molar-refractivity contribution is 7.90. The van der Waals surface area contributed by atoms with Gasteiger partial charge in [0.1, 0.15) is 11.6 Å². The molecule has 0 aromatic heterocycles. The summed E-state index contributed by atoms with van der Waals surface area (Å²) in [6.45, 7) is 0.986. The molecule has 2 heterocycles. The normalized spacial score (nSPS) is 20.1. The van der Waals surface area contributed by atoms with Crippen LogP contribution in [0.5, 0.6) is 5.75 Å². The van der Waals surface area contributed by atoms with E-state index >= 15 is 0 Å². The zero-order valence-corrected chi connectivity index (χ0v) is 20.8. The molecule has 2 amide bonds. The summed E-state index contributed by atoms with van der Waals surface area (Å²) >= 11 is 0. The molecule has 0 radical (unpaired) electrons. The molecule has 0 spiro atoms. The van der Waals surface area contributed by atoms with Crippen LogP contribution in [0.2, 0.25) is 0 Å². The summed E-state index contributed by atoms with van der Waals surface area (Å²) in [6, 6.07) is 13.2. The number of methoxy groups -OCH3 is 1. The Bertz CT molecular complexity index is 1240. The van der Waals surface area contributed by atoms with Crippen molar-refractivity contribution in [2.75, 3.05) is 37.5 Å². The lowest BCUT2D eigenvalue weighted by Crippen LogP contribution is -2.28. The highest BCUT2D eigenvalue weighted by Crippen LogP contribution is 2.33. The Kier molecular flexibility index (Phi) is 7.39. The van der Waals surface area contributed by atoms with Gasteiger partial charge in [-0.3, -0.25) is 9.59 Å². The van der Waals surface area contributed by atoms with Gasteiger partial charge >= 0.3 is 0 Å². The average molecular weight is 499 g/mol. The second kappa shape index (κ2) is 10.5. The molecule has 2 aliphatic heterocycles. The Balaban J connectivity index is 1.48. The van der Waals surface area contributed by atoms with Crippen molar-refractivity contribution in [2.45, 2.75) is 37.0 Å². The van der Waals surface area contributed by atoms with Gasteiger partial charge in [0, 0.05) is 38.7 Å². The van der Waals surface area contributed by atoms with Crippen LogP contribution in [-0.4, -0.2) is 58.2 Å². The third kappa shape index (κ3) is 5.64. The Morgan fingerprint density at radius 1 is 1.11 bits per heavy atom. The van der Waals surface area contributed by atoms with Gasteiger partial charge in [-0.05, 0) is 43.2 Å². The second-order valence-electron chi connectivity index (χ2n) is 8.81. The number of amides is 2. The van der Waals surface area contributed by atoms with Gasteiger partial charge in [0.25, 0.3) is 10.0 Å². The molecule has 0 saturated carbocycles. The van der Waals surface area contributed by atoms with Crippen LogP contribution in [0.15, 0.2) is 57.8 Å².